The number of aliphatic hydroxyl groups excluding tert-OH is 1. The van der Waals surface area contributed by atoms with Gasteiger partial charge in [0.25, 0.3) is 0 Å². The zero-order chi connectivity index (χ0) is 13.3. The van der Waals surface area contributed by atoms with Gasteiger partial charge in [0, 0.05) is 6.42 Å². The van der Waals surface area contributed by atoms with Crippen molar-refractivity contribution in [1.29, 1.82) is 0 Å². The molecule has 2 N–H and O–H groups in total. The Balaban J connectivity index is 2.08. The predicted molar refractivity (Wildman–Crippen MR) is 57.7 cm³/mol. The molecule has 0 saturated heterocycles. The van der Waals surface area contributed by atoms with Gasteiger partial charge in [-0.25, -0.2) is 0 Å². The molecule has 6 heteroatoms. The molecule has 1 aliphatic rings. The van der Waals surface area contributed by atoms with E-state index in [9.17, 15) is 23.1 Å². The first-order chi connectivity index (χ1) is 8.37. The second kappa shape index (κ2) is 4.61. The first-order valence-corrected chi connectivity index (χ1v) is 5.49. The lowest BCUT2D eigenvalue weighted by molar-refractivity contribution is -0.154. The number of carbonyl (C=O) groups excluding carboxylic acids is 1. The second-order valence-corrected chi connectivity index (χ2v) is 4.31. The second-order valence-electron chi connectivity index (χ2n) is 4.31. The highest BCUT2D eigenvalue weighted by Crippen LogP contribution is 2.31. The third kappa shape index (κ3) is 2.81. The van der Waals surface area contributed by atoms with Crippen LogP contribution in [-0.2, 0) is 11.2 Å². The number of benzene rings is 1. The van der Waals surface area contributed by atoms with Crippen LogP contribution in [0.5, 0.6) is 0 Å². The lowest BCUT2D eigenvalue weighted by Crippen LogP contribution is -2.36. The van der Waals surface area contributed by atoms with Crippen LogP contribution < -0.4 is 5.32 Å². The number of hydrogen-bond acceptors (Lipinski definition) is 2. The van der Waals surface area contributed by atoms with E-state index in [1.807, 2.05) is 0 Å². The summed E-state index contributed by atoms with van der Waals surface area (Å²) in [5.74, 6) is -1.12. The standard InChI is InChI=1S/C12H12F3NO2/c13-12(14,15)6-10(18)16-11-8-4-2-1-3-7(8)5-9(11)17/h1-4,9,11,17H,5-6H2,(H,16,18). The van der Waals surface area contributed by atoms with E-state index in [1.54, 1.807) is 24.3 Å². The summed E-state index contributed by atoms with van der Waals surface area (Å²) in [5.41, 5.74) is 1.53. The smallest absolute Gasteiger partial charge is 0.390 e. The van der Waals surface area contributed by atoms with Crippen LogP contribution >= 0.6 is 0 Å². The van der Waals surface area contributed by atoms with Crippen molar-refractivity contribution in [3.63, 3.8) is 0 Å². The summed E-state index contributed by atoms with van der Waals surface area (Å²) in [4.78, 5) is 11.2. The largest absolute Gasteiger partial charge is 0.397 e. The highest BCUT2D eigenvalue weighted by atomic mass is 19.4. The van der Waals surface area contributed by atoms with Gasteiger partial charge in [-0.2, -0.15) is 13.2 Å². The average Bonchev–Trinajstić information content (AvgIpc) is 2.53. The van der Waals surface area contributed by atoms with Gasteiger partial charge in [0.15, 0.2) is 0 Å². The van der Waals surface area contributed by atoms with Gasteiger partial charge in [-0.15, -0.1) is 0 Å². The number of halogens is 3. The fourth-order valence-electron chi connectivity index (χ4n) is 2.15. The molecular formula is C12H12F3NO2. The maximum absolute atomic E-state index is 12.0. The van der Waals surface area contributed by atoms with Crippen molar-refractivity contribution in [2.45, 2.75) is 31.2 Å². The SMILES string of the molecule is O=C(CC(F)(F)F)NC1c2ccccc2CC1O. The maximum Gasteiger partial charge on any atom is 0.397 e. The number of hydrogen-bond donors (Lipinski definition) is 2. The van der Waals surface area contributed by atoms with E-state index in [2.05, 4.69) is 5.32 Å². The minimum atomic E-state index is -4.53. The molecule has 0 radical (unpaired) electrons. The van der Waals surface area contributed by atoms with Gasteiger partial charge in [0.2, 0.25) is 5.91 Å². The molecular weight excluding hydrogens is 247 g/mol. The summed E-state index contributed by atoms with van der Waals surface area (Å²) in [5, 5.41) is 12.0. The maximum atomic E-state index is 12.0. The molecule has 0 aromatic heterocycles. The van der Waals surface area contributed by atoms with Crippen LogP contribution in [-0.4, -0.2) is 23.3 Å². The minimum Gasteiger partial charge on any atom is -0.390 e. The average molecular weight is 259 g/mol. The molecule has 1 amide bonds. The Kier molecular flexibility index (Phi) is 3.30. The van der Waals surface area contributed by atoms with Crippen LogP contribution in [0.3, 0.4) is 0 Å². The van der Waals surface area contributed by atoms with Crippen LogP contribution in [0.1, 0.15) is 23.6 Å². The Hall–Kier alpha value is -1.56. The van der Waals surface area contributed by atoms with Crippen molar-refractivity contribution in [3.05, 3.63) is 35.4 Å². The highest BCUT2D eigenvalue weighted by molar-refractivity contribution is 5.77. The van der Waals surface area contributed by atoms with Crippen molar-refractivity contribution in [3.8, 4) is 0 Å². The number of fused-ring (bicyclic) bond motifs is 1. The third-order valence-electron chi connectivity index (χ3n) is 2.88. The van der Waals surface area contributed by atoms with Crippen molar-refractivity contribution < 1.29 is 23.1 Å². The summed E-state index contributed by atoms with van der Waals surface area (Å²) >= 11 is 0. The Labute approximate surface area is 102 Å². The molecule has 2 rings (SSSR count). The Bertz CT molecular complexity index is 459. The van der Waals surface area contributed by atoms with Gasteiger partial charge in [-0.1, -0.05) is 24.3 Å². The zero-order valence-corrected chi connectivity index (χ0v) is 9.37. The Morgan fingerprint density at radius 3 is 2.72 bits per heavy atom. The molecule has 3 nitrogen and oxygen atoms in total. The van der Waals surface area contributed by atoms with E-state index >= 15 is 0 Å². The molecule has 0 heterocycles. The lowest BCUT2D eigenvalue weighted by Gasteiger charge is -2.18. The van der Waals surface area contributed by atoms with E-state index in [0.29, 0.717) is 12.0 Å². The van der Waals surface area contributed by atoms with Gasteiger partial charge in [-0.3, -0.25) is 4.79 Å². The van der Waals surface area contributed by atoms with E-state index in [1.165, 1.54) is 0 Å². The Morgan fingerprint density at radius 2 is 2.06 bits per heavy atom. The molecule has 0 spiro atoms. The third-order valence-corrected chi connectivity index (χ3v) is 2.88. The quantitative estimate of drug-likeness (QED) is 0.849. The van der Waals surface area contributed by atoms with Crippen molar-refractivity contribution in [1.82, 2.24) is 5.32 Å². The number of aliphatic hydroxyl groups is 1. The summed E-state index contributed by atoms with van der Waals surface area (Å²) in [6, 6.07) is 6.24. The van der Waals surface area contributed by atoms with Crippen LogP contribution in [0, 0.1) is 0 Å². The topological polar surface area (TPSA) is 49.3 Å². The number of rotatable bonds is 2. The van der Waals surface area contributed by atoms with Gasteiger partial charge in [-0.05, 0) is 11.1 Å². The van der Waals surface area contributed by atoms with E-state index < -0.39 is 30.7 Å². The molecule has 2 atom stereocenters. The van der Waals surface area contributed by atoms with Gasteiger partial charge in [0.1, 0.15) is 6.42 Å². The summed E-state index contributed by atoms with van der Waals surface area (Å²) in [7, 11) is 0. The number of nitrogens with one attached hydrogen (secondary N) is 1. The highest BCUT2D eigenvalue weighted by Gasteiger charge is 2.36. The van der Waals surface area contributed by atoms with Crippen molar-refractivity contribution in [2.24, 2.45) is 0 Å². The molecule has 2 unspecified atom stereocenters. The predicted octanol–water partition coefficient (Wildman–Crippen LogP) is 1.71. The van der Waals surface area contributed by atoms with Crippen LogP contribution in [0.25, 0.3) is 0 Å². The van der Waals surface area contributed by atoms with E-state index in [-0.39, 0.29) is 0 Å². The van der Waals surface area contributed by atoms with Crippen molar-refractivity contribution in [2.75, 3.05) is 0 Å². The molecule has 0 bridgehead atoms. The van der Waals surface area contributed by atoms with Gasteiger partial charge >= 0.3 is 6.18 Å². The summed E-state index contributed by atoms with van der Waals surface area (Å²) in [6.07, 6.45) is -6.60. The monoisotopic (exact) mass is 259 g/mol. The summed E-state index contributed by atoms with van der Waals surface area (Å²) < 4.78 is 36.1. The van der Waals surface area contributed by atoms with Crippen molar-refractivity contribution >= 4 is 5.91 Å². The normalized spacial score (nSPS) is 22.7. The molecule has 1 aromatic carbocycles. The first-order valence-electron chi connectivity index (χ1n) is 5.49. The van der Waals surface area contributed by atoms with E-state index in [4.69, 9.17) is 0 Å². The molecule has 0 saturated carbocycles. The fraction of sp³-hybridized carbons (Fsp3) is 0.417. The lowest BCUT2D eigenvalue weighted by atomic mass is 10.1. The van der Waals surface area contributed by atoms with Crippen LogP contribution in [0.15, 0.2) is 24.3 Å². The molecule has 1 aromatic rings. The number of alkyl halides is 3. The van der Waals surface area contributed by atoms with Crippen LogP contribution in [0.2, 0.25) is 0 Å². The molecule has 1 aliphatic carbocycles. The molecule has 98 valence electrons. The number of amides is 1. The minimum absolute atomic E-state index is 0.340. The molecule has 18 heavy (non-hydrogen) atoms. The first kappa shape index (κ1) is 12.9. The summed E-state index contributed by atoms with van der Waals surface area (Å²) in [6.45, 7) is 0. The number of carbonyl (C=O) groups is 1. The molecule has 0 fully saturated rings. The molecule has 0 aliphatic heterocycles. The van der Waals surface area contributed by atoms with Gasteiger partial charge < -0.3 is 10.4 Å². The van der Waals surface area contributed by atoms with Crippen LogP contribution in [0.4, 0.5) is 13.2 Å². The fourth-order valence-corrected chi connectivity index (χ4v) is 2.15. The Morgan fingerprint density at radius 1 is 1.39 bits per heavy atom. The van der Waals surface area contributed by atoms with E-state index in [0.717, 1.165) is 5.56 Å². The zero-order valence-electron chi connectivity index (χ0n) is 9.37. The van der Waals surface area contributed by atoms with Gasteiger partial charge in [0.05, 0.1) is 12.1 Å².